The average Bonchev–Trinajstić information content (AvgIpc) is 2.32. The zero-order valence-electron chi connectivity index (χ0n) is 11.8. The molecule has 0 bridgehead atoms. The first kappa shape index (κ1) is 15.4. The molecule has 1 saturated carbocycles. The molecule has 1 aromatic carbocycles. The molecule has 2 N–H and O–H groups in total. The maximum absolute atomic E-state index is 12.6. The maximum Gasteiger partial charge on any atom is 0.243 e. The number of benzene rings is 1. The third-order valence-electron chi connectivity index (χ3n) is 3.89. The Kier molecular flexibility index (Phi) is 4.46. The molecule has 0 radical (unpaired) electrons. The standard InChI is InChI=1S/C14H20N2O2S2/c1-10-8-12(14(15)19)6-7-13(10)20(17,18)16(2)9-11-4-3-5-11/h6-8,11H,3-5,9H2,1-2H3,(H2,15,19). The van der Waals surface area contributed by atoms with E-state index >= 15 is 0 Å². The molecular formula is C14H20N2O2S2. The highest BCUT2D eigenvalue weighted by Crippen LogP contribution is 2.29. The Bertz CT molecular complexity index is 622. The lowest BCUT2D eigenvalue weighted by atomic mass is 9.86. The van der Waals surface area contributed by atoms with Crippen molar-refractivity contribution in [3.63, 3.8) is 0 Å². The molecule has 4 nitrogen and oxygen atoms in total. The van der Waals surface area contributed by atoms with Crippen LogP contribution >= 0.6 is 12.2 Å². The number of nitrogens with zero attached hydrogens (tertiary/aromatic N) is 1. The monoisotopic (exact) mass is 312 g/mol. The van der Waals surface area contributed by atoms with Crippen LogP contribution in [0.4, 0.5) is 0 Å². The third-order valence-corrected chi connectivity index (χ3v) is 6.11. The van der Waals surface area contributed by atoms with Crippen molar-refractivity contribution in [3.8, 4) is 0 Å². The van der Waals surface area contributed by atoms with Crippen LogP contribution in [0.1, 0.15) is 30.4 Å². The van der Waals surface area contributed by atoms with Crippen molar-refractivity contribution in [1.82, 2.24) is 4.31 Å². The van der Waals surface area contributed by atoms with Gasteiger partial charge in [-0.2, -0.15) is 0 Å². The molecule has 6 heteroatoms. The van der Waals surface area contributed by atoms with E-state index in [9.17, 15) is 8.42 Å². The van der Waals surface area contributed by atoms with E-state index in [1.807, 2.05) is 0 Å². The SMILES string of the molecule is Cc1cc(C(N)=S)ccc1S(=O)(=O)N(C)CC1CCC1. The summed E-state index contributed by atoms with van der Waals surface area (Å²) in [5.74, 6) is 0.506. The lowest BCUT2D eigenvalue weighted by molar-refractivity contribution is 0.263. The number of thiocarbonyl (C=S) groups is 1. The van der Waals surface area contributed by atoms with E-state index in [1.54, 1.807) is 32.2 Å². The number of hydrogen-bond acceptors (Lipinski definition) is 3. The number of nitrogens with two attached hydrogens (primary N) is 1. The molecule has 0 amide bonds. The van der Waals surface area contributed by atoms with E-state index in [0.29, 0.717) is 28.5 Å². The summed E-state index contributed by atoms with van der Waals surface area (Å²) in [6.07, 6.45) is 3.46. The van der Waals surface area contributed by atoms with Gasteiger partial charge < -0.3 is 5.73 Å². The first-order valence-corrected chi connectivity index (χ1v) is 8.54. The minimum absolute atomic E-state index is 0.278. The highest BCUT2D eigenvalue weighted by molar-refractivity contribution is 7.89. The van der Waals surface area contributed by atoms with Crippen LogP contribution in [0.2, 0.25) is 0 Å². The molecule has 0 spiro atoms. The van der Waals surface area contributed by atoms with Gasteiger partial charge in [-0.1, -0.05) is 24.7 Å². The molecule has 0 atom stereocenters. The molecule has 2 rings (SSSR count). The second-order valence-corrected chi connectivity index (χ2v) is 7.88. The van der Waals surface area contributed by atoms with Crippen molar-refractivity contribution in [3.05, 3.63) is 29.3 Å². The van der Waals surface area contributed by atoms with Crippen LogP contribution in [0, 0.1) is 12.8 Å². The fraction of sp³-hybridized carbons (Fsp3) is 0.500. The highest BCUT2D eigenvalue weighted by atomic mass is 32.2. The highest BCUT2D eigenvalue weighted by Gasteiger charge is 2.27. The van der Waals surface area contributed by atoms with E-state index in [0.717, 1.165) is 12.8 Å². The van der Waals surface area contributed by atoms with E-state index in [4.69, 9.17) is 18.0 Å². The zero-order valence-corrected chi connectivity index (χ0v) is 13.4. The van der Waals surface area contributed by atoms with Gasteiger partial charge in [-0.05, 0) is 43.4 Å². The van der Waals surface area contributed by atoms with Gasteiger partial charge in [0.05, 0.1) is 4.90 Å². The molecule has 1 aromatic rings. The van der Waals surface area contributed by atoms with Crippen molar-refractivity contribution in [2.45, 2.75) is 31.1 Å². The van der Waals surface area contributed by atoms with Crippen LogP contribution in [0.5, 0.6) is 0 Å². The molecule has 20 heavy (non-hydrogen) atoms. The molecule has 0 heterocycles. The fourth-order valence-electron chi connectivity index (χ4n) is 2.40. The number of sulfonamides is 1. The van der Waals surface area contributed by atoms with Gasteiger partial charge in [0.1, 0.15) is 4.99 Å². The zero-order chi connectivity index (χ0) is 14.9. The predicted molar refractivity (Wildman–Crippen MR) is 84.2 cm³/mol. The molecule has 1 aliphatic carbocycles. The number of rotatable bonds is 5. The summed E-state index contributed by atoms with van der Waals surface area (Å²) in [5.41, 5.74) is 6.93. The first-order chi connectivity index (χ1) is 9.32. The normalized spacial score (nSPS) is 16.1. The van der Waals surface area contributed by atoms with E-state index in [-0.39, 0.29) is 4.99 Å². The van der Waals surface area contributed by atoms with Crippen LogP contribution in [0.25, 0.3) is 0 Å². The van der Waals surface area contributed by atoms with Crippen molar-refractivity contribution >= 4 is 27.2 Å². The lowest BCUT2D eigenvalue weighted by Crippen LogP contribution is -2.34. The summed E-state index contributed by atoms with van der Waals surface area (Å²) in [6, 6.07) is 4.99. The molecule has 0 saturated heterocycles. The molecule has 110 valence electrons. The topological polar surface area (TPSA) is 63.4 Å². The molecular weight excluding hydrogens is 292 g/mol. The van der Waals surface area contributed by atoms with Crippen LogP contribution in [0.15, 0.2) is 23.1 Å². The Morgan fingerprint density at radius 2 is 2.10 bits per heavy atom. The number of hydrogen-bond donors (Lipinski definition) is 1. The second kappa shape index (κ2) is 5.79. The summed E-state index contributed by atoms with van der Waals surface area (Å²) in [5, 5.41) is 0. The van der Waals surface area contributed by atoms with E-state index in [1.165, 1.54) is 10.7 Å². The summed E-state index contributed by atoms with van der Waals surface area (Å²) in [7, 11) is -1.79. The summed E-state index contributed by atoms with van der Waals surface area (Å²) in [6.45, 7) is 2.37. The van der Waals surface area contributed by atoms with E-state index in [2.05, 4.69) is 0 Å². The maximum atomic E-state index is 12.6. The van der Waals surface area contributed by atoms with Gasteiger partial charge in [0.25, 0.3) is 0 Å². The number of aryl methyl sites for hydroxylation is 1. The van der Waals surface area contributed by atoms with Gasteiger partial charge in [-0.15, -0.1) is 0 Å². The van der Waals surface area contributed by atoms with Gasteiger partial charge in [0, 0.05) is 19.2 Å². The fourth-order valence-corrected chi connectivity index (χ4v) is 3.97. The lowest BCUT2D eigenvalue weighted by Gasteiger charge is -2.30. The Hall–Kier alpha value is -0.980. The van der Waals surface area contributed by atoms with Gasteiger partial charge >= 0.3 is 0 Å². The molecule has 0 aliphatic heterocycles. The average molecular weight is 312 g/mol. The summed E-state index contributed by atoms with van der Waals surface area (Å²) < 4.78 is 26.6. The first-order valence-electron chi connectivity index (χ1n) is 6.69. The molecule has 1 aliphatic rings. The van der Waals surface area contributed by atoms with Crippen LogP contribution in [-0.2, 0) is 10.0 Å². The summed E-state index contributed by atoms with van der Waals surface area (Å²) >= 11 is 4.91. The Balaban J connectivity index is 2.26. The largest absolute Gasteiger partial charge is 0.389 e. The Morgan fingerprint density at radius 3 is 2.55 bits per heavy atom. The van der Waals surface area contributed by atoms with Gasteiger partial charge in [-0.25, -0.2) is 12.7 Å². The molecule has 0 unspecified atom stereocenters. The molecule has 0 aromatic heterocycles. The van der Waals surface area contributed by atoms with E-state index < -0.39 is 10.0 Å². The van der Waals surface area contributed by atoms with Crippen LogP contribution in [-0.4, -0.2) is 31.3 Å². The van der Waals surface area contributed by atoms with Crippen molar-refractivity contribution in [2.75, 3.05) is 13.6 Å². The van der Waals surface area contributed by atoms with Crippen molar-refractivity contribution in [2.24, 2.45) is 11.7 Å². The van der Waals surface area contributed by atoms with Crippen molar-refractivity contribution < 1.29 is 8.42 Å². The second-order valence-electron chi connectivity index (χ2n) is 5.43. The molecule has 1 fully saturated rings. The summed E-state index contributed by atoms with van der Waals surface area (Å²) in [4.78, 5) is 0.610. The van der Waals surface area contributed by atoms with Gasteiger partial charge in [0.2, 0.25) is 10.0 Å². The van der Waals surface area contributed by atoms with Crippen molar-refractivity contribution in [1.29, 1.82) is 0 Å². The minimum atomic E-state index is -3.43. The van der Waals surface area contributed by atoms with Crippen LogP contribution < -0.4 is 5.73 Å². The quantitative estimate of drug-likeness (QED) is 0.845. The minimum Gasteiger partial charge on any atom is -0.389 e. The van der Waals surface area contributed by atoms with Gasteiger partial charge in [0.15, 0.2) is 0 Å². The predicted octanol–water partition coefficient (Wildman–Crippen LogP) is 2.05. The Labute approximate surface area is 126 Å². The van der Waals surface area contributed by atoms with Gasteiger partial charge in [-0.3, -0.25) is 0 Å². The smallest absolute Gasteiger partial charge is 0.243 e. The third kappa shape index (κ3) is 3.02. The van der Waals surface area contributed by atoms with Crippen LogP contribution in [0.3, 0.4) is 0 Å². The Morgan fingerprint density at radius 1 is 1.45 bits per heavy atom.